The first-order valence-electron chi connectivity index (χ1n) is 6.81. The molecule has 1 aliphatic rings. The van der Waals surface area contributed by atoms with Gasteiger partial charge in [0.05, 0.1) is 0 Å². The van der Waals surface area contributed by atoms with Crippen LogP contribution in [0.25, 0.3) is 0 Å². The molecule has 22 heavy (non-hydrogen) atoms. The van der Waals surface area contributed by atoms with E-state index < -0.39 is 17.8 Å². The lowest BCUT2D eigenvalue weighted by Crippen LogP contribution is -2.56. The zero-order chi connectivity index (χ0) is 16.4. The number of hydrogen-bond donors (Lipinski definition) is 1. The van der Waals surface area contributed by atoms with Gasteiger partial charge in [0.15, 0.2) is 11.4 Å². The Morgan fingerprint density at radius 2 is 2.09 bits per heavy atom. The zero-order valence-electron chi connectivity index (χ0n) is 12.2. The van der Waals surface area contributed by atoms with Crippen LogP contribution in [0.15, 0.2) is 4.52 Å². The van der Waals surface area contributed by atoms with Crippen molar-refractivity contribution < 1.29 is 27.2 Å². The maximum absolute atomic E-state index is 13.0. The van der Waals surface area contributed by atoms with Crippen molar-refractivity contribution in [1.29, 1.82) is 0 Å². The summed E-state index contributed by atoms with van der Waals surface area (Å²) >= 11 is 0. The quantitative estimate of drug-likeness (QED) is 0.923. The van der Waals surface area contributed by atoms with Crippen LogP contribution < -0.4 is 5.32 Å². The Balaban J connectivity index is 1.94. The molecule has 2 amide bonds. The van der Waals surface area contributed by atoms with E-state index in [0.29, 0.717) is 12.2 Å². The Morgan fingerprint density at radius 1 is 1.45 bits per heavy atom. The van der Waals surface area contributed by atoms with Crippen molar-refractivity contribution in [2.24, 2.45) is 0 Å². The van der Waals surface area contributed by atoms with Crippen LogP contribution in [0.5, 0.6) is 0 Å². The highest BCUT2D eigenvalue weighted by Gasteiger charge is 2.56. The molecular weight excluding hydrogens is 305 g/mol. The molecule has 0 aromatic carbocycles. The molecule has 1 aliphatic heterocycles. The van der Waals surface area contributed by atoms with Crippen LogP contribution in [0.4, 0.5) is 24.0 Å². The number of aromatic nitrogens is 2. The summed E-state index contributed by atoms with van der Waals surface area (Å²) < 4.78 is 48.6. The van der Waals surface area contributed by atoms with Crippen LogP contribution in [0, 0.1) is 0 Å². The van der Waals surface area contributed by atoms with Gasteiger partial charge in [-0.25, -0.2) is 4.79 Å². The maximum atomic E-state index is 13.0. The van der Waals surface area contributed by atoms with E-state index in [-0.39, 0.29) is 31.9 Å². The number of hydrogen-bond acceptors (Lipinski definition) is 5. The van der Waals surface area contributed by atoms with E-state index in [1.54, 1.807) is 0 Å². The average molecular weight is 322 g/mol. The van der Waals surface area contributed by atoms with Crippen LogP contribution in [-0.2, 0) is 11.2 Å². The molecule has 1 aromatic heterocycles. The first-order valence-corrected chi connectivity index (χ1v) is 6.81. The van der Waals surface area contributed by atoms with Gasteiger partial charge in [0.1, 0.15) is 0 Å². The number of nitrogens with zero attached hydrogens (tertiary/aromatic N) is 3. The fraction of sp³-hybridized carbons (Fsp3) is 0.750. The van der Waals surface area contributed by atoms with E-state index in [2.05, 4.69) is 20.2 Å². The monoisotopic (exact) mass is 322 g/mol. The molecule has 0 unspecified atom stereocenters. The topological polar surface area (TPSA) is 80.5 Å². The third-order valence-corrected chi connectivity index (χ3v) is 3.76. The molecule has 124 valence electrons. The molecule has 2 rings (SSSR count). The van der Waals surface area contributed by atoms with Crippen LogP contribution in [0.1, 0.15) is 25.6 Å². The first-order chi connectivity index (χ1) is 10.3. The molecule has 0 spiro atoms. The summed E-state index contributed by atoms with van der Waals surface area (Å²) in [5.74, 6) is 0.435. The predicted octanol–water partition coefficient (Wildman–Crippen LogP) is 2.21. The maximum Gasteiger partial charge on any atom is 0.417 e. The number of likely N-dealkylation sites (tertiary alicyclic amines) is 1. The van der Waals surface area contributed by atoms with Gasteiger partial charge < -0.3 is 14.2 Å². The smallest absolute Gasteiger partial charge is 0.369 e. The third kappa shape index (κ3) is 3.16. The van der Waals surface area contributed by atoms with Gasteiger partial charge in [0.2, 0.25) is 0 Å². The number of halogens is 3. The van der Waals surface area contributed by atoms with Gasteiger partial charge in [-0.2, -0.15) is 18.2 Å². The van der Waals surface area contributed by atoms with Crippen molar-refractivity contribution in [1.82, 2.24) is 15.0 Å². The number of ether oxygens (including phenoxy) is 1. The Hall–Kier alpha value is -1.84. The number of carbonyl (C=O) groups excluding carboxylic acids is 1. The highest BCUT2D eigenvalue weighted by atomic mass is 19.4. The number of aryl methyl sites for hydroxylation is 1. The van der Waals surface area contributed by atoms with Crippen molar-refractivity contribution in [3.8, 4) is 0 Å². The average Bonchev–Trinajstić information content (AvgIpc) is 2.93. The lowest BCUT2D eigenvalue weighted by Gasteiger charge is -2.41. The molecular formula is C12H17F3N4O3. The van der Waals surface area contributed by atoms with Crippen molar-refractivity contribution in [2.75, 3.05) is 25.5 Å². The van der Waals surface area contributed by atoms with Gasteiger partial charge in [-0.1, -0.05) is 12.1 Å². The number of alkyl halides is 3. The van der Waals surface area contributed by atoms with E-state index in [1.165, 1.54) is 4.90 Å². The molecule has 0 atom stereocenters. The third-order valence-electron chi connectivity index (χ3n) is 3.76. The number of carbonyl (C=O) groups is 1. The minimum atomic E-state index is -4.47. The number of urea groups is 1. The largest absolute Gasteiger partial charge is 0.417 e. The van der Waals surface area contributed by atoms with E-state index in [4.69, 9.17) is 4.52 Å². The second kappa shape index (κ2) is 6.11. The fourth-order valence-corrected chi connectivity index (χ4v) is 2.29. The molecule has 0 aliphatic carbocycles. The normalized spacial score (nSPS) is 18.3. The Labute approximate surface area is 124 Å². The minimum absolute atomic E-state index is 0.0683. The molecule has 1 saturated heterocycles. The van der Waals surface area contributed by atoms with E-state index in [1.807, 2.05) is 6.92 Å². The Morgan fingerprint density at radius 3 is 2.55 bits per heavy atom. The molecule has 1 fully saturated rings. The van der Waals surface area contributed by atoms with Gasteiger partial charge in [0.25, 0.3) is 0 Å². The lowest BCUT2D eigenvalue weighted by molar-refractivity contribution is -0.280. The van der Waals surface area contributed by atoms with E-state index >= 15 is 0 Å². The van der Waals surface area contributed by atoms with Gasteiger partial charge in [0, 0.05) is 39.5 Å². The van der Waals surface area contributed by atoms with Gasteiger partial charge >= 0.3 is 18.2 Å². The Bertz CT molecular complexity index is 524. The highest BCUT2D eigenvalue weighted by molar-refractivity contribution is 5.87. The standard InChI is InChI=1S/C12H17F3N4O3/c1-3-8-16-9(22-18-8)17-10(20)19-6-4-11(21-2,5-7-19)12(13,14)15/h3-7H2,1-2H3,(H,16,17,18,20). The molecule has 0 saturated carbocycles. The van der Waals surface area contributed by atoms with Gasteiger partial charge in [-0.05, 0) is 0 Å². The van der Waals surface area contributed by atoms with Crippen molar-refractivity contribution in [3.63, 3.8) is 0 Å². The second-order valence-corrected chi connectivity index (χ2v) is 4.98. The molecule has 7 nitrogen and oxygen atoms in total. The van der Waals surface area contributed by atoms with E-state index in [9.17, 15) is 18.0 Å². The van der Waals surface area contributed by atoms with Crippen molar-refractivity contribution in [3.05, 3.63) is 5.82 Å². The van der Waals surface area contributed by atoms with Crippen molar-refractivity contribution in [2.45, 2.75) is 38.0 Å². The highest BCUT2D eigenvalue weighted by Crippen LogP contribution is 2.41. The summed E-state index contributed by atoms with van der Waals surface area (Å²) in [5.41, 5.74) is -2.19. The van der Waals surface area contributed by atoms with E-state index in [0.717, 1.165) is 7.11 Å². The summed E-state index contributed by atoms with van der Waals surface area (Å²) in [6, 6.07) is -0.639. The Kier molecular flexibility index (Phi) is 4.59. The number of nitrogens with one attached hydrogen (secondary N) is 1. The fourth-order valence-electron chi connectivity index (χ4n) is 2.29. The SMILES string of the molecule is CCc1noc(NC(=O)N2CCC(OC)(C(F)(F)F)CC2)n1. The molecule has 10 heteroatoms. The number of piperidine rings is 1. The summed E-state index contributed by atoms with van der Waals surface area (Å²) in [4.78, 5) is 17.1. The van der Waals surface area contributed by atoms with Gasteiger partial charge in [-0.15, -0.1) is 0 Å². The van der Waals surface area contributed by atoms with Crippen molar-refractivity contribution >= 4 is 12.0 Å². The predicted molar refractivity (Wildman–Crippen MR) is 69.3 cm³/mol. The summed E-state index contributed by atoms with van der Waals surface area (Å²) in [5, 5.41) is 5.99. The molecule has 0 bridgehead atoms. The van der Waals surface area contributed by atoms with Crippen LogP contribution in [0.2, 0.25) is 0 Å². The molecule has 0 radical (unpaired) electrons. The van der Waals surface area contributed by atoms with Crippen LogP contribution in [-0.4, -0.2) is 53.0 Å². The number of anilines is 1. The number of rotatable bonds is 3. The summed E-state index contributed by atoms with van der Waals surface area (Å²) in [6.07, 6.45) is -4.55. The number of methoxy groups -OCH3 is 1. The zero-order valence-corrected chi connectivity index (χ0v) is 12.2. The second-order valence-electron chi connectivity index (χ2n) is 4.98. The van der Waals surface area contributed by atoms with Gasteiger partial charge in [-0.3, -0.25) is 5.32 Å². The first kappa shape index (κ1) is 16.5. The molecule has 1 aromatic rings. The minimum Gasteiger partial charge on any atom is -0.369 e. The lowest BCUT2D eigenvalue weighted by atomic mass is 9.90. The van der Waals surface area contributed by atoms with Crippen LogP contribution in [0.3, 0.4) is 0 Å². The van der Waals surface area contributed by atoms with Crippen LogP contribution >= 0.6 is 0 Å². The molecule has 1 N–H and O–H groups in total. The number of amides is 2. The summed E-state index contributed by atoms with van der Waals surface area (Å²) in [7, 11) is 1.04. The summed E-state index contributed by atoms with van der Waals surface area (Å²) in [6.45, 7) is 1.67. The molecule has 2 heterocycles.